The van der Waals surface area contributed by atoms with E-state index in [9.17, 15) is 4.79 Å². The molecule has 1 aromatic heterocycles. The van der Waals surface area contributed by atoms with Crippen molar-refractivity contribution < 1.29 is 4.79 Å². The Balaban J connectivity index is 1.75. The van der Waals surface area contributed by atoms with E-state index >= 15 is 0 Å². The third kappa shape index (κ3) is 4.37. The summed E-state index contributed by atoms with van der Waals surface area (Å²) < 4.78 is 0. The van der Waals surface area contributed by atoms with Crippen LogP contribution in [0.5, 0.6) is 0 Å². The number of hydrogen-bond acceptors (Lipinski definition) is 3. The molecule has 3 aromatic carbocycles. The molecule has 0 bridgehead atoms. The number of benzene rings is 3. The van der Waals surface area contributed by atoms with E-state index in [1.165, 1.54) is 20.8 Å². The van der Waals surface area contributed by atoms with Gasteiger partial charge in [0.15, 0.2) is 0 Å². The number of nitrogens with zero attached hydrogens (tertiary/aromatic N) is 1. The van der Waals surface area contributed by atoms with Crippen molar-refractivity contribution in [3.8, 4) is 0 Å². The first-order valence-corrected chi connectivity index (χ1v) is 16.1. The number of ketones is 1. The van der Waals surface area contributed by atoms with Crippen LogP contribution in [0.2, 0.25) is 0 Å². The standard InChI is InChI=1S/C27H27BrNOPS/c1-22-27(32-21-29-22)19-11-12-23(30)20-31(28,24-13-5-2-6-14-24,25-15-7-3-8-16-25)26-17-9-4-10-18-26/h2-10,13-18,21H,11-12,19-20H2,1H3. The molecule has 2 nitrogen and oxygen atoms in total. The van der Waals surface area contributed by atoms with Crippen LogP contribution in [0.25, 0.3) is 0 Å². The van der Waals surface area contributed by atoms with Gasteiger partial charge in [0.2, 0.25) is 0 Å². The Morgan fingerprint density at radius 2 is 1.31 bits per heavy atom. The minimum atomic E-state index is -3.18. The van der Waals surface area contributed by atoms with Gasteiger partial charge in [0.1, 0.15) is 0 Å². The predicted octanol–water partition coefficient (Wildman–Crippen LogP) is 6.18. The van der Waals surface area contributed by atoms with E-state index in [1.807, 2.05) is 30.6 Å². The third-order valence-electron chi connectivity index (χ3n) is 6.06. The second-order valence-corrected chi connectivity index (χ2v) is 18.0. The van der Waals surface area contributed by atoms with Crippen LogP contribution in [0, 0.1) is 6.92 Å². The molecule has 0 amide bonds. The Bertz CT molecular complexity index is 1080. The Kier molecular flexibility index (Phi) is 7.05. The molecule has 0 atom stereocenters. The SMILES string of the molecule is Cc1ncsc1CCCC(=O)CP(Br)(c1ccccc1)(c1ccccc1)c1ccccc1. The Morgan fingerprint density at radius 1 is 0.844 bits per heavy atom. The van der Waals surface area contributed by atoms with Crippen LogP contribution in [0.3, 0.4) is 0 Å². The second-order valence-electron chi connectivity index (χ2n) is 8.10. The molecule has 0 N–H and O–H groups in total. The zero-order chi connectivity index (χ0) is 22.5. The number of aromatic nitrogens is 1. The van der Waals surface area contributed by atoms with Crippen molar-refractivity contribution in [3.05, 3.63) is 107 Å². The second kappa shape index (κ2) is 9.79. The van der Waals surface area contributed by atoms with E-state index in [-0.39, 0.29) is 0 Å². The molecule has 0 saturated heterocycles. The van der Waals surface area contributed by atoms with Crippen molar-refractivity contribution in [1.29, 1.82) is 0 Å². The average Bonchev–Trinajstić information content (AvgIpc) is 3.25. The van der Waals surface area contributed by atoms with E-state index in [0.29, 0.717) is 18.4 Å². The number of hydrogen-bond donors (Lipinski definition) is 0. The van der Waals surface area contributed by atoms with Crippen molar-refractivity contribution in [2.45, 2.75) is 26.2 Å². The van der Waals surface area contributed by atoms with Crippen LogP contribution in [-0.2, 0) is 11.2 Å². The normalized spacial score (nSPS) is 12.8. The number of carbonyl (C=O) groups is 1. The first kappa shape index (κ1) is 23.0. The fourth-order valence-corrected chi connectivity index (χ4v) is 12.8. The summed E-state index contributed by atoms with van der Waals surface area (Å²) in [6.45, 7) is 2.04. The number of halogens is 1. The van der Waals surface area contributed by atoms with Gasteiger partial charge >= 0.3 is 203 Å². The predicted molar refractivity (Wildman–Crippen MR) is 144 cm³/mol. The molecule has 0 spiro atoms. The van der Waals surface area contributed by atoms with E-state index < -0.39 is 5.31 Å². The van der Waals surface area contributed by atoms with Gasteiger partial charge in [0.25, 0.3) is 0 Å². The van der Waals surface area contributed by atoms with Gasteiger partial charge < -0.3 is 0 Å². The summed E-state index contributed by atoms with van der Waals surface area (Å²) in [4.78, 5) is 19.2. The third-order valence-corrected chi connectivity index (χ3v) is 16.6. The summed E-state index contributed by atoms with van der Waals surface area (Å²) in [5, 5.41) is 0.371. The van der Waals surface area contributed by atoms with Crippen molar-refractivity contribution in [3.63, 3.8) is 0 Å². The van der Waals surface area contributed by atoms with Crippen LogP contribution in [0.15, 0.2) is 96.5 Å². The topological polar surface area (TPSA) is 30.0 Å². The molecular weight excluding hydrogens is 497 g/mol. The molecule has 0 aliphatic heterocycles. The van der Waals surface area contributed by atoms with Crippen LogP contribution in [0.4, 0.5) is 0 Å². The molecular formula is C27H27BrNOPS. The summed E-state index contributed by atoms with van der Waals surface area (Å²) in [5.41, 5.74) is 2.97. The zero-order valence-corrected chi connectivity index (χ0v) is 21.5. The number of carbonyl (C=O) groups excluding carboxylic acids is 1. The molecule has 0 unspecified atom stereocenters. The minimum absolute atomic E-state index is 0.290. The van der Waals surface area contributed by atoms with Gasteiger partial charge in [0, 0.05) is 0 Å². The molecule has 4 rings (SSSR count). The van der Waals surface area contributed by atoms with Crippen LogP contribution >= 0.6 is 32.1 Å². The zero-order valence-electron chi connectivity index (χ0n) is 18.2. The van der Waals surface area contributed by atoms with Gasteiger partial charge in [-0.2, -0.15) is 0 Å². The molecule has 32 heavy (non-hydrogen) atoms. The van der Waals surface area contributed by atoms with E-state index in [2.05, 4.69) is 93.3 Å². The van der Waals surface area contributed by atoms with Gasteiger partial charge in [-0.1, -0.05) is 0 Å². The molecule has 0 saturated carbocycles. The summed E-state index contributed by atoms with van der Waals surface area (Å²) in [6.07, 6.45) is 2.78. The van der Waals surface area contributed by atoms with Crippen molar-refractivity contribution >= 4 is 53.8 Å². The Hall–Kier alpha value is -2.13. The summed E-state index contributed by atoms with van der Waals surface area (Å²) in [6, 6.07) is 31.5. The molecule has 4 aromatic rings. The molecule has 1 heterocycles. The molecule has 164 valence electrons. The summed E-state index contributed by atoms with van der Waals surface area (Å²) in [5.74, 6) is 0.290. The molecule has 0 radical (unpaired) electrons. The van der Waals surface area contributed by atoms with E-state index in [0.717, 1.165) is 18.5 Å². The number of thiazole rings is 1. The molecule has 5 heteroatoms. The van der Waals surface area contributed by atoms with E-state index in [1.54, 1.807) is 11.3 Å². The molecule has 0 aliphatic carbocycles. The Labute approximate surface area is 202 Å². The maximum absolute atomic E-state index is 13.6. The maximum atomic E-state index is 13.6. The van der Waals surface area contributed by atoms with Crippen LogP contribution < -0.4 is 15.9 Å². The van der Waals surface area contributed by atoms with Crippen LogP contribution in [0.1, 0.15) is 23.4 Å². The quantitative estimate of drug-likeness (QED) is 0.245. The fourth-order valence-electron chi connectivity index (χ4n) is 4.36. The number of Topliss-reactive ketones (excluding diaryl/α,β-unsaturated/α-hetero) is 1. The van der Waals surface area contributed by atoms with Gasteiger partial charge in [-0.3, -0.25) is 0 Å². The van der Waals surface area contributed by atoms with Crippen LogP contribution in [-0.4, -0.2) is 16.9 Å². The van der Waals surface area contributed by atoms with Crippen molar-refractivity contribution in [2.75, 3.05) is 6.16 Å². The number of aryl methyl sites for hydroxylation is 2. The van der Waals surface area contributed by atoms with Gasteiger partial charge in [-0.25, -0.2) is 0 Å². The molecule has 0 fully saturated rings. The molecule has 0 aliphatic rings. The van der Waals surface area contributed by atoms with E-state index in [4.69, 9.17) is 0 Å². The van der Waals surface area contributed by atoms with Gasteiger partial charge in [0.05, 0.1) is 0 Å². The Morgan fingerprint density at radius 3 is 1.72 bits per heavy atom. The average molecular weight is 524 g/mol. The summed E-state index contributed by atoms with van der Waals surface area (Å²) in [7, 11) is 0. The van der Waals surface area contributed by atoms with Gasteiger partial charge in [-0.15, -0.1) is 0 Å². The fraction of sp³-hybridized carbons (Fsp3) is 0.185. The van der Waals surface area contributed by atoms with Crippen molar-refractivity contribution in [1.82, 2.24) is 4.98 Å². The number of rotatable bonds is 9. The summed E-state index contributed by atoms with van der Waals surface area (Å²) >= 11 is 6.04. The van der Waals surface area contributed by atoms with Crippen molar-refractivity contribution in [2.24, 2.45) is 0 Å². The first-order valence-electron chi connectivity index (χ1n) is 10.8. The van der Waals surface area contributed by atoms with Gasteiger partial charge in [-0.05, 0) is 0 Å². The first-order chi connectivity index (χ1) is 15.5. The monoisotopic (exact) mass is 523 g/mol.